The Bertz CT molecular complexity index is 802. The lowest BCUT2D eigenvalue weighted by molar-refractivity contribution is 0.0102. The summed E-state index contributed by atoms with van der Waals surface area (Å²) in [6.07, 6.45) is 3.62. The van der Waals surface area contributed by atoms with Crippen LogP contribution in [-0.4, -0.2) is 41.3 Å². The Balaban J connectivity index is 2.85. The van der Waals surface area contributed by atoms with Gasteiger partial charge in [0.25, 0.3) is 4.93 Å². The zero-order valence-electron chi connectivity index (χ0n) is 14.6. The first-order valence-electron chi connectivity index (χ1n) is 8.12. The van der Waals surface area contributed by atoms with E-state index in [4.69, 9.17) is 9.84 Å². The number of aliphatic hydroxyl groups excluding tert-OH is 1. The number of nitrogens with one attached hydrogen (secondary N) is 1. The summed E-state index contributed by atoms with van der Waals surface area (Å²) in [4.78, 5) is 4.52. The Kier molecular flexibility index (Phi) is 5.99. The second-order valence-electron chi connectivity index (χ2n) is 6.03. The Morgan fingerprint density at radius 3 is 2.56 bits per heavy atom. The quantitative estimate of drug-likeness (QED) is 0.616. The third kappa shape index (κ3) is 3.62. The van der Waals surface area contributed by atoms with Gasteiger partial charge in [0.2, 0.25) is 0 Å². The molecule has 0 radical (unpaired) electrons. The summed E-state index contributed by atoms with van der Waals surface area (Å²) >= 11 is 0. The summed E-state index contributed by atoms with van der Waals surface area (Å²) in [5, 5.41) is 9.17. The molecule has 0 aliphatic heterocycles. The largest absolute Gasteiger partial charge is 0.394 e. The van der Waals surface area contributed by atoms with Crippen LogP contribution in [0.2, 0.25) is 0 Å². The fourth-order valence-corrected chi connectivity index (χ4v) is 3.91. The van der Waals surface area contributed by atoms with Crippen molar-refractivity contribution in [2.45, 2.75) is 38.0 Å². The van der Waals surface area contributed by atoms with Crippen molar-refractivity contribution in [1.82, 2.24) is 9.97 Å². The molecule has 0 saturated heterocycles. The minimum absolute atomic E-state index is 0.0182. The summed E-state index contributed by atoms with van der Waals surface area (Å²) < 4.78 is 40.6. The molecule has 0 aliphatic carbocycles. The molecule has 3 N–H and O–H groups in total. The number of H-pyrrole nitrogens is 1. The molecule has 7 nitrogen and oxygen atoms in total. The van der Waals surface area contributed by atoms with Gasteiger partial charge in [-0.2, -0.15) is 8.42 Å². The SMILES string of the molecule is CCc1ccc(C(OCCO)(c2ncc[nH]2)S(=O)(=O)O)c(C(C)C)c1. The number of nitrogens with zero attached hydrogens (tertiary/aromatic N) is 1. The minimum atomic E-state index is -4.78. The molecule has 1 unspecified atom stereocenters. The zero-order chi connectivity index (χ0) is 18.7. The maximum atomic E-state index is 12.5. The molecule has 0 amide bonds. The van der Waals surface area contributed by atoms with E-state index < -0.39 is 21.7 Å². The van der Waals surface area contributed by atoms with Crippen molar-refractivity contribution in [3.63, 3.8) is 0 Å². The lowest BCUT2D eigenvalue weighted by atomic mass is 9.90. The van der Waals surface area contributed by atoms with E-state index in [9.17, 15) is 13.0 Å². The normalized spacial score (nSPS) is 14.6. The first-order chi connectivity index (χ1) is 11.8. The highest BCUT2D eigenvalue weighted by Crippen LogP contribution is 2.41. The molecule has 0 aliphatic rings. The van der Waals surface area contributed by atoms with E-state index in [1.807, 2.05) is 26.8 Å². The van der Waals surface area contributed by atoms with E-state index in [1.54, 1.807) is 12.1 Å². The van der Waals surface area contributed by atoms with E-state index in [0.29, 0.717) is 0 Å². The van der Waals surface area contributed by atoms with Crippen molar-refractivity contribution in [3.05, 3.63) is 53.1 Å². The predicted molar refractivity (Wildman–Crippen MR) is 93.9 cm³/mol. The van der Waals surface area contributed by atoms with Gasteiger partial charge in [0.05, 0.1) is 13.2 Å². The second-order valence-corrected chi connectivity index (χ2v) is 7.56. The monoisotopic (exact) mass is 368 g/mol. The van der Waals surface area contributed by atoms with Gasteiger partial charge in [-0.1, -0.05) is 39.0 Å². The fourth-order valence-electron chi connectivity index (χ4n) is 2.85. The molecule has 8 heteroatoms. The maximum Gasteiger partial charge on any atom is 0.307 e. The first kappa shape index (κ1) is 19.6. The molecule has 1 atom stereocenters. The van der Waals surface area contributed by atoms with Crippen LogP contribution < -0.4 is 0 Å². The number of rotatable bonds is 8. The highest BCUT2D eigenvalue weighted by atomic mass is 32.2. The van der Waals surface area contributed by atoms with Crippen molar-refractivity contribution in [3.8, 4) is 0 Å². The van der Waals surface area contributed by atoms with Crippen LogP contribution >= 0.6 is 0 Å². The molecular formula is C17H24N2O5S. The third-order valence-electron chi connectivity index (χ3n) is 4.07. The maximum absolute atomic E-state index is 12.5. The number of hydrogen-bond acceptors (Lipinski definition) is 5. The van der Waals surface area contributed by atoms with Crippen LogP contribution in [0.3, 0.4) is 0 Å². The standard InChI is InChI=1S/C17H24N2O5S/c1-4-13-5-6-15(14(11-13)12(2)3)17(24-10-9-20,25(21,22)23)16-18-7-8-19-16/h5-8,11-12,20H,4,9-10H2,1-3H3,(H,18,19)(H,21,22,23). The number of aryl methyl sites for hydroxylation is 1. The van der Waals surface area contributed by atoms with E-state index in [0.717, 1.165) is 17.5 Å². The van der Waals surface area contributed by atoms with Crippen molar-refractivity contribution in [2.75, 3.05) is 13.2 Å². The van der Waals surface area contributed by atoms with Crippen molar-refractivity contribution in [2.24, 2.45) is 0 Å². The highest BCUT2D eigenvalue weighted by Gasteiger charge is 2.52. The molecular weight excluding hydrogens is 344 g/mol. The molecule has 0 bridgehead atoms. The minimum Gasteiger partial charge on any atom is -0.394 e. The molecule has 25 heavy (non-hydrogen) atoms. The molecule has 138 valence electrons. The van der Waals surface area contributed by atoms with E-state index in [2.05, 4.69) is 9.97 Å². The number of benzene rings is 1. The molecule has 1 aromatic heterocycles. The average Bonchev–Trinajstić information content (AvgIpc) is 3.09. The van der Waals surface area contributed by atoms with Gasteiger partial charge >= 0.3 is 10.1 Å². The van der Waals surface area contributed by atoms with Gasteiger partial charge in [-0.15, -0.1) is 0 Å². The summed E-state index contributed by atoms with van der Waals surface area (Å²) in [6.45, 7) is 5.18. The van der Waals surface area contributed by atoms with Gasteiger partial charge in [0.1, 0.15) is 0 Å². The molecule has 2 rings (SSSR count). The number of aromatic nitrogens is 2. The predicted octanol–water partition coefficient (Wildman–Crippen LogP) is 2.19. The number of hydrogen-bond donors (Lipinski definition) is 3. The Morgan fingerprint density at radius 2 is 2.08 bits per heavy atom. The second kappa shape index (κ2) is 7.65. The highest BCUT2D eigenvalue weighted by molar-refractivity contribution is 7.86. The van der Waals surface area contributed by atoms with Crippen molar-refractivity contribution >= 4 is 10.1 Å². The van der Waals surface area contributed by atoms with E-state index in [1.165, 1.54) is 12.4 Å². The topological polar surface area (TPSA) is 113 Å². The molecule has 2 aromatic rings. The van der Waals surface area contributed by atoms with Crippen LogP contribution in [0.15, 0.2) is 30.6 Å². The lowest BCUT2D eigenvalue weighted by Gasteiger charge is -2.32. The molecule has 0 fully saturated rings. The first-order valence-corrected chi connectivity index (χ1v) is 9.57. The fraction of sp³-hybridized carbons (Fsp3) is 0.471. The van der Waals surface area contributed by atoms with Crippen LogP contribution in [0.4, 0.5) is 0 Å². The molecule has 1 heterocycles. The van der Waals surface area contributed by atoms with Crippen LogP contribution in [0.5, 0.6) is 0 Å². The van der Waals surface area contributed by atoms with Gasteiger partial charge in [0, 0.05) is 18.0 Å². The smallest absolute Gasteiger partial charge is 0.307 e. The van der Waals surface area contributed by atoms with Crippen LogP contribution in [0.25, 0.3) is 0 Å². The molecule has 0 spiro atoms. The number of ether oxygens (including phenoxy) is 1. The van der Waals surface area contributed by atoms with Gasteiger partial charge < -0.3 is 14.8 Å². The molecule has 1 aromatic carbocycles. The van der Waals surface area contributed by atoms with Gasteiger partial charge in [0.15, 0.2) is 5.82 Å². The average molecular weight is 368 g/mol. The summed E-state index contributed by atoms with van der Waals surface area (Å²) in [5.74, 6) is -0.0788. The van der Waals surface area contributed by atoms with Crippen LogP contribution in [-0.2, 0) is 26.2 Å². The van der Waals surface area contributed by atoms with Crippen molar-refractivity contribution in [1.29, 1.82) is 0 Å². The lowest BCUT2D eigenvalue weighted by Crippen LogP contribution is -2.42. The summed E-state index contributed by atoms with van der Waals surface area (Å²) in [6, 6.07) is 5.35. The van der Waals surface area contributed by atoms with Crippen LogP contribution in [0, 0.1) is 0 Å². The van der Waals surface area contributed by atoms with Gasteiger partial charge in [-0.25, -0.2) is 4.98 Å². The Hall–Kier alpha value is -1.74. The van der Waals surface area contributed by atoms with E-state index >= 15 is 0 Å². The number of aromatic amines is 1. The molecule has 0 saturated carbocycles. The van der Waals surface area contributed by atoms with E-state index in [-0.39, 0.29) is 23.9 Å². The van der Waals surface area contributed by atoms with Crippen molar-refractivity contribution < 1.29 is 22.8 Å². The Labute approximate surface area is 147 Å². The van der Waals surface area contributed by atoms with Crippen LogP contribution in [0.1, 0.15) is 49.2 Å². The summed E-state index contributed by atoms with van der Waals surface area (Å²) in [5.41, 5.74) is 2.05. The van der Waals surface area contributed by atoms with Gasteiger partial charge in [-0.3, -0.25) is 4.55 Å². The zero-order valence-corrected chi connectivity index (χ0v) is 15.4. The number of aliphatic hydroxyl groups is 1. The Morgan fingerprint density at radius 1 is 1.36 bits per heavy atom. The third-order valence-corrected chi connectivity index (χ3v) is 5.33. The number of imidazole rings is 1. The van der Waals surface area contributed by atoms with Gasteiger partial charge in [-0.05, 0) is 23.5 Å². The summed E-state index contributed by atoms with van der Waals surface area (Å²) in [7, 11) is -4.78.